The van der Waals surface area contributed by atoms with Crippen molar-refractivity contribution in [1.82, 2.24) is 5.32 Å². The van der Waals surface area contributed by atoms with Gasteiger partial charge in [0.05, 0.1) is 10.5 Å². The van der Waals surface area contributed by atoms with Gasteiger partial charge in [0.25, 0.3) is 0 Å². The molecule has 0 fully saturated rings. The van der Waals surface area contributed by atoms with E-state index in [0.29, 0.717) is 6.54 Å². The maximum absolute atomic E-state index is 10.7. The van der Waals surface area contributed by atoms with E-state index in [0.717, 1.165) is 0 Å². The van der Waals surface area contributed by atoms with Gasteiger partial charge in [0.15, 0.2) is 0 Å². The number of nitrogens with one attached hydrogen (secondary N) is 1. The Kier molecular flexibility index (Phi) is 4.50. The van der Waals surface area contributed by atoms with Gasteiger partial charge in [0.2, 0.25) is 5.91 Å². The Balaban J connectivity index is 3.42. The number of terminal acetylenes is 1. The largest absolute Gasteiger partial charge is 0.344 e. The van der Waals surface area contributed by atoms with Crippen LogP contribution >= 0.6 is 22.6 Å². The lowest BCUT2D eigenvalue weighted by molar-refractivity contribution is -0.119. The first kappa shape index (κ1) is 8.76. The van der Waals surface area contributed by atoms with Crippen molar-refractivity contribution >= 4 is 28.5 Å². The lowest BCUT2D eigenvalue weighted by Gasteiger charge is -2.00. The molecule has 0 aliphatic rings. The first-order valence-electron chi connectivity index (χ1n) is 2.53. The highest BCUT2D eigenvalue weighted by molar-refractivity contribution is 14.1. The number of rotatable bonds is 2. The molecule has 0 saturated carbocycles. The van der Waals surface area contributed by atoms with Crippen molar-refractivity contribution < 1.29 is 4.79 Å². The van der Waals surface area contributed by atoms with Crippen molar-refractivity contribution in [3.8, 4) is 12.3 Å². The topological polar surface area (TPSA) is 29.1 Å². The number of alkyl halides is 1. The van der Waals surface area contributed by atoms with Gasteiger partial charge in [-0.25, -0.2) is 0 Å². The van der Waals surface area contributed by atoms with E-state index in [-0.39, 0.29) is 9.83 Å². The number of hydrogen-bond donors (Lipinski definition) is 1. The Morgan fingerprint density at radius 1 is 2.00 bits per heavy atom. The number of halogens is 1. The molecule has 1 unspecified atom stereocenters. The molecule has 1 atom stereocenters. The Morgan fingerprint density at radius 3 is 2.89 bits per heavy atom. The molecule has 0 rings (SSSR count). The fourth-order valence-electron chi connectivity index (χ4n) is 0.279. The Morgan fingerprint density at radius 2 is 2.56 bits per heavy atom. The lowest BCUT2D eigenvalue weighted by atomic mass is 10.4. The van der Waals surface area contributed by atoms with E-state index in [1.807, 2.05) is 29.5 Å². The highest BCUT2D eigenvalue weighted by Crippen LogP contribution is 1.95. The number of hydrogen-bond acceptors (Lipinski definition) is 1. The third-order valence-corrected chi connectivity index (χ3v) is 1.29. The third kappa shape index (κ3) is 4.28. The van der Waals surface area contributed by atoms with Crippen LogP contribution in [0.5, 0.6) is 0 Å². The van der Waals surface area contributed by atoms with Gasteiger partial charge >= 0.3 is 0 Å². The maximum Gasteiger partial charge on any atom is 0.233 e. The number of amides is 1. The third-order valence-electron chi connectivity index (χ3n) is 0.726. The van der Waals surface area contributed by atoms with Crippen LogP contribution in [0.4, 0.5) is 0 Å². The van der Waals surface area contributed by atoms with Gasteiger partial charge < -0.3 is 5.32 Å². The summed E-state index contributed by atoms with van der Waals surface area (Å²) in [6, 6.07) is 0. The highest BCUT2D eigenvalue weighted by Gasteiger charge is 2.04. The van der Waals surface area contributed by atoms with Crippen molar-refractivity contribution in [2.24, 2.45) is 0 Å². The number of carbonyl (C=O) groups is 1. The van der Waals surface area contributed by atoms with E-state index in [4.69, 9.17) is 6.42 Å². The Labute approximate surface area is 68.5 Å². The summed E-state index contributed by atoms with van der Waals surface area (Å²) in [5, 5.41) is 2.55. The molecule has 1 amide bonds. The van der Waals surface area contributed by atoms with Crippen LogP contribution in [0.25, 0.3) is 0 Å². The monoisotopic (exact) mass is 237 g/mol. The van der Waals surface area contributed by atoms with Crippen molar-refractivity contribution in [3.63, 3.8) is 0 Å². The van der Waals surface area contributed by atoms with Crippen LogP contribution in [-0.2, 0) is 4.79 Å². The molecule has 50 valence electrons. The van der Waals surface area contributed by atoms with Crippen molar-refractivity contribution in [2.45, 2.75) is 10.8 Å². The van der Waals surface area contributed by atoms with Crippen molar-refractivity contribution in [2.75, 3.05) is 6.54 Å². The van der Waals surface area contributed by atoms with E-state index in [9.17, 15) is 4.79 Å². The molecule has 1 N–H and O–H groups in total. The second-order valence-corrected chi connectivity index (χ2v) is 3.41. The van der Waals surface area contributed by atoms with E-state index in [2.05, 4.69) is 11.2 Å². The molecule has 0 aliphatic carbocycles. The summed E-state index contributed by atoms with van der Waals surface area (Å²) in [6.45, 7) is 2.14. The Hall–Kier alpha value is -0.240. The predicted molar refractivity (Wildman–Crippen MR) is 45.3 cm³/mol. The minimum atomic E-state index is -0.00597. The normalized spacial score (nSPS) is 11.7. The van der Waals surface area contributed by atoms with Gasteiger partial charge in [-0.15, -0.1) is 6.42 Å². The molecule has 0 heterocycles. The van der Waals surface area contributed by atoms with Crippen molar-refractivity contribution in [1.29, 1.82) is 0 Å². The average molecular weight is 237 g/mol. The predicted octanol–water partition coefficient (Wildman–Crippen LogP) is 0.559. The van der Waals surface area contributed by atoms with Crippen LogP contribution in [0.1, 0.15) is 6.92 Å². The molecule has 0 spiro atoms. The van der Waals surface area contributed by atoms with Crippen LogP contribution < -0.4 is 5.32 Å². The highest BCUT2D eigenvalue weighted by atomic mass is 127. The molecule has 0 aliphatic heterocycles. The van der Waals surface area contributed by atoms with Crippen LogP contribution in [-0.4, -0.2) is 16.4 Å². The molecule has 2 nitrogen and oxygen atoms in total. The second-order valence-electron chi connectivity index (χ2n) is 1.54. The SMILES string of the molecule is C#CCNC(=O)C(C)I. The summed E-state index contributed by atoms with van der Waals surface area (Å²) in [5.74, 6) is 2.31. The molecule has 0 aromatic heterocycles. The molecule has 0 aromatic rings. The minimum Gasteiger partial charge on any atom is -0.344 e. The van der Waals surface area contributed by atoms with E-state index in [1.54, 1.807) is 0 Å². The molecule has 0 saturated heterocycles. The fourth-order valence-corrected chi connectivity index (χ4v) is 0.499. The van der Waals surface area contributed by atoms with Gasteiger partial charge in [-0.3, -0.25) is 4.79 Å². The van der Waals surface area contributed by atoms with E-state index >= 15 is 0 Å². The van der Waals surface area contributed by atoms with Gasteiger partial charge in [-0.2, -0.15) is 0 Å². The van der Waals surface area contributed by atoms with Gasteiger partial charge in [-0.05, 0) is 6.92 Å². The van der Waals surface area contributed by atoms with Gasteiger partial charge in [0, 0.05) is 0 Å². The maximum atomic E-state index is 10.7. The Bertz CT molecular complexity index is 136. The van der Waals surface area contributed by atoms with Gasteiger partial charge in [0.1, 0.15) is 0 Å². The first-order chi connectivity index (χ1) is 4.18. The second kappa shape index (κ2) is 4.62. The van der Waals surface area contributed by atoms with Gasteiger partial charge in [-0.1, -0.05) is 28.5 Å². The fraction of sp³-hybridized carbons (Fsp3) is 0.500. The summed E-state index contributed by atoms with van der Waals surface area (Å²) >= 11 is 2.03. The molecule has 9 heavy (non-hydrogen) atoms. The molecule has 0 bridgehead atoms. The van der Waals surface area contributed by atoms with Crippen LogP contribution in [0.2, 0.25) is 0 Å². The first-order valence-corrected chi connectivity index (χ1v) is 3.78. The standard InChI is InChI=1S/C6H8INO/c1-3-4-8-6(9)5(2)7/h1,5H,4H2,2H3,(H,8,9). The van der Waals surface area contributed by atoms with Crippen LogP contribution in [0.3, 0.4) is 0 Å². The lowest BCUT2D eigenvalue weighted by Crippen LogP contribution is -2.29. The molecule has 0 aromatic carbocycles. The van der Waals surface area contributed by atoms with E-state index < -0.39 is 0 Å². The summed E-state index contributed by atoms with van der Waals surface area (Å²) < 4.78 is -0.00375. The molecule has 0 radical (unpaired) electrons. The van der Waals surface area contributed by atoms with E-state index in [1.165, 1.54) is 0 Å². The number of carbonyl (C=O) groups excluding carboxylic acids is 1. The zero-order chi connectivity index (χ0) is 7.28. The average Bonchev–Trinajstić information content (AvgIpc) is 1.82. The smallest absolute Gasteiger partial charge is 0.233 e. The molecular formula is C6H8INO. The summed E-state index contributed by atoms with van der Waals surface area (Å²) in [5.41, 5.74) is 0. The summed E-state index contributed by atoms with van der Waals surface area (Å²) in [4.78, 5) is 10.7. The quantitative estimate of drug-likeness (QED) is 0.424. The molecular weight excluding hydrogens is 229 g/mol. The van der Waals surface area contributed by atoms with Crippen LogP contribution in [0, 0.1) is 12.3 Å². The summed E-state index contributed by atoms with van der Waals surface area (Å²) in [6.07, 6.45) is 4.91. The molecule has 3 heteroatoms. The minimum absolute atomic E-state index is 0.00375. The zero-order valence-electron chi connectivity index (χ0n) is 5.15. The summed E-state index contributed by atoms with van der Waals surface area (Å²) in [7, 11) is 0. The van der Waals surface area contributed by atoms with Crippen LogP contribution in [0.15, 0.2) is 0 Å². The van der Waals surface area contributed by atoms with Crippen molar-refractivity contribution in [3.05, 3.63) is 0 Å². The zero-order valence-corrected chi connectivity index (χ0v) is 7.31.